The van der Waals surface area contributed by atoms with Gasteiger partial charge in [0, 0.05) is 38.6 Å². The second kappa shape index (κ2) is 5.33. The van der Waals surface area contributed by atoms with Crippen molar-refractivity contribution in [2.45, 2.75) is 6.04 Å². The van der Waals surface area contributed by atoms with Gasteiger partial charge in [-0.3, -0.25) is 9.88 Å². The fraction of sp³-hybridized carbons (Fsp3) is 0.357. The minimum Gasteiger partial charge on any atom is -0.467 e. The van der Waals surface area contributed by atoms with Crippen LogP contribution in [0.15, 0.2) is 47.3 Å². The Hall–Kier alpha value is -1.65. The zero-order chi connectivity index (χ0) is 12.2. The van der Waals surface area contributed by atoms with Gasteiger partial charge >= 0.3 is 0 Å². The molecule has 18 heavy (non-hydrogen) atoms. The van der Waals surface area contributed by atoms with Crippen LogP contribution in [-0.4, -0.2) is 36.1 Å². The Kier molecular flexibility index (Phi) is 3.39. The number of rotatable bonds is 3. The standard InChI is InChI=1S/C14H17N3O/c1-2-13(18-11-1)14(12-3-5-15-6-4-12)17-9-7-16-8-10-17/h1-6,11,14,16H,7-10H2. The van der Waals surface area contributed by atoms with Crippen molar-refractivity contribution in [1.29, 1.82) is 0 Å². The third-order valence-electron chi connectivity index (χ3n) is 3.35. The molecule has 0 radical (unpaired) electrons. The SMILES string of the molecule is c1coc(C(c2ccncc2)N2CCNCC2)c1. The van der Waals surface area contributed by atoms with Crippen LogP contribution in [0.4, 0.5) is 0 Å². The highest BCUT2D eigenvalue weighted by molar-refractivity contribution is 5.24. The molecule has 3 heterocycles. The van der Waals surface area contributed by atoms with Gasteiger partial charge in [0.15, 0.2) is 0 Å². The van der Waals surface area contributed by atoms with Crippen LogP contribution in [0.25, 0.3) is 0 Å². The molecule has 0 aliphatic carbocycles. The first kappa shape index (κ1) is 11.4. The number of pyridine rings is 1. The average Bonchev–Trinajstić information content (AvgIpc) is 2.95. The Morgan fingerprint density at radius 1 is 1.17 bits per heavy atom. The van der Waals surface area contributed by atoms with Crippen molar-refractivity contribution in [1.82, 2.24) is 15.2 Å². The second-order valence-electron chi connectivity index (χ2n) is 4.48. The summed E-state index contributed by atoms with van der Waals surface area (Å²) >= 11 is 0. The maximum absolute atomic E-state index is 5.62. The van der Waals surface area contributed by atoms with E-state index in [9.17, 15) is 0 Å². The summed E-state index contributed by atoms with van der Waals surface area (Å²) in [5, 5.41) is 3.38. The Bertz CT molecular complexity index is 463. The fourth-order valence-electron chi connectivity index (χ4n) is 2.49. The number of furan rings is 1. The molecular formula is C14H17N3O. The first-order valence-electron chi connectivity index (χ1n) is 6.33. The van der Waals surface area contributed by atoms with Gasteiger partial charge in [0.25, 0.3) is 0 Å². The first-order chi connectivity index (χ1) is 8.95. The van der Waals surface area contributed by atoms with E-state index in [4.69, 9.17) is 4.42 Å². The van der Waals surface area contributed by atoms with Gasteiger partial charge in [-0.1, -0.05) is 0 Å². The van der Waals surface area contributed by atoms with Crippen LogP contribution >= 0.6 is 0 Å². The molecule has 1 N–H and O–H groups in total. The van der Waals surface area contributed by atoms with Crippen LogP contribution in [0.5, 0.6) is 0 Å². The summed E-state index contributed by atoms with van der Waals surface area (Å²) < 4.78 is 5.62. The van der Waals surface area contributed by atoms with E-state index in [1.54, 1.807) is 6.26 Å². The molecule has 94 valence electrons. The molecule has 1 atom stereocenters. The number of nitrogens with one attached hydrogen (secondary N) is 1. The minimum absolute atomic E-state index is 0.199. The summed E-state index contributed by atoms with van der Waals surface area (Å²) in [6.45, 7) is 4.13. The lowest BCUT2D eigenvalue weighted by atomic mass is 10.0. The smallest absolute Gasteiger partial charge is 0.125 e. The number of hydrogen-bond donors (Lipinski definition) is 1. The van der Waals surface area contributed by atoms with Crippen molar-refractivity contribution in [3.63, 3.8) is 0 Å². The van der Waals surface area contributed by atoms with E-state index in [0.29, 0.717) is 0 Å². The third kappa shape index (κ3) is 2.30. The number of nitrogens with zero attached hydrogens (tertiary/aromatic N) is 2. The Morgan fingerprint density at radius 3 is 2.61 bits per heavy atom. The van der Waals surface area contributed by atoms with E-state index in [2.05, 4.69) is 27.3 Å². The summed E-state index contributed by atoms with van der Waals surface area (Å²) in [5.74, 6) is 1.00. The molecule has 0 spiro atoms. The molecule has 1 saturated heterocycles. The van der Waals surface area contributed by atoms with Gasteiger partial charge in [-0.15, -0.1) is 0 Å². The summed E-state index contributed by atoms with van der Waals surface area (Å²) in [6.07, 6.45) is 5.42. The van der Waals surface area contributed by atoms with Crippen LogP contribution in [0.2, 0.25) is 0 Å². The Balaban J connectivity index is 1.93. The van der Waals surface area contributed by atoms with Crippen molar-refractivity contribution in [2.75, 3.05) is 26.2 Å². The van der Waals surface area contributed by atoms with Gasteiger partial charge in [0.1, 0.15) is 5.76 Å². The molecule has 1 fully saturated rings. The largest absolute Gasteiger partial charge is 0.467 e. The van der Waals surface area contributed by atoms with Crippen LogP contribution < -0.4 is 5.32 Å². The van der Waals surface area contributed by atoms with Crippen molar-refractivity contribution >= 4 is 0 Å². The summed E-state index contributed by atoms with van der Waals surface area (Å²) in [7, 11) is 0. The van der Waals surface area contributed by atoms with Gasteiger partial charge in [-0.25, -0.2) is 0 Å². The van der Waals surface area contributed by atoms with Gasteiger partial charge < -0.3 is 9.73 Å². The second-order valence-corrected chi connectivity index (χ2v) is 4.48. The van der Waals surface area contributed by atoms with Crippen LogP contribution in [0.3, 0.4) is 0 Å². The van der Waals surface area contributed by atoms with Crippen LogP contribution in [0.1, 0.15) is 17.4 Å². The van der Waals surface area contributed by atoms with Gasteiger partial charge in [-0.2, -0.15) is 0 Å². The van der Waals surface area contributed by atoms with E-state index >= 15 is 0 Å². The molecule has 0 aromatic carbocycles. The maximum atomic E-state index is 5.62. The normalized spacial score (nSPS) is 18.7. The molecule has 1 unspecified atom stereocenters. The highest BCUT2D eigenvalue weighted by Crippen LogP contribution is 2.28. The predicted octanol–water partition coefficient (Wildman–Crippen LogP) is 1.67. The predicted molar refractivity (Wildman–Crippen MR) is 69.2 cm³/mol. The maximum Gasteiger partial charge on any atom is 0.125 e. The summed E-state index contributed by atoms with van der Waals surface area (Å²) in [4.78, 5) is 6.54. The third-order valence-corrected chi connectivity index (χ3v) is 3.35. The van der Waals surface area contributed by atoms with E-state index in [0.717, 1.165) is 31.9 Å². The Morgan fingerprint density at radius 2 is 1.94 bits per heavy atom. The van der Waals surface area contributed by atoms with E-state index in [-0.39, 0.29) is 6.04 Å². The van der Waals surface area contributed by atoms with Crippen molar-refractivity contribution in [2.24, 2.45) is 0 Å². The number of hydrogen-bond acceptors (Lipinski definition) is 4. The quantitative estimate of drug-likeness (QED) is 0.890. The molecule has 0 saturated carbocycles. The van der Waals surface area contributed by atoms with Crippen molar-refractivity contribution < 1.29 is 4.42 Å². The zero-order valence-electron chi connectivity index (χ0n) is 10.2. The fourth-order valence-corrected chi connectivity index (χ4v) is 2.49. The lowest BCUT2D eigenvalue weighted by Crippen LogP contribution is -2.45. The van der Waals surface area contributed by atoms with E-state index in [1.807, 2.05) is 24.5 Å². The van der Waals surface area contributed by atoms with Crippen LogP contribution in [-0.2, 0) is 0 Å². The highest BCUT2D eigenvalue weighted by Gasteiger charge is 2.25. The van der Waals surface area contributed by atoms with Gasteiger partial charge in [0.05, 0.1) is 12.3 Å². The van der Waals surface area contributed by atoms with E-state index in [1.165, 1.54) is 5.56 Å². The summed E-state index contributed by atoms with van der Waals surface area (Å²) in [6, 6.07) is 8.33. The molecule has 2 aromatic heterocycles. The first-order valence-corrected chi connectivity index (χ1v) is 6.33. The number of aromatic nitrogens is 1. The molecule has 3 rings (SSSR count). The monoisotopic (exact) mass is 243 g/mol. The molecule has 0 amide bonds. The van der Waals surface area contributed by atoms with Crippen molar-refractivity contribution in [3.8, 4) is 0 Å². The molecular weight excluding hydrogens is 226 g/mol. The topological polar surface area (TPSA) is 41.3 Å². The molecule has 2 aromatic rings. The molecule has 0 bridgehead atoms. The molecule has 4 nitrogen and oxygen atoms in total. The minimum atomic E-state index is 0.199. The number of piperazine rings is 1. The Labute approximate surface area is 107 Å². The van der Waals surface area contributed by atoms with Gasteiger partial charge in [0.2, 0.25) is 0 Å². The molecule has 4 heteroatoms. The highest BCUT2D eigenvalue weighted by atomic mass is 16.3. The average molecular weight is 243 g/mol. The van der Waals surface area contributed by atoms with Crippen LogP contribution in [0, 0.1) is 0 Å². The molecule has 1 aliphatic rings. The zero-order valence-corrected chi connectivity index (χ0v) is 10.2. The summed E-state index contributed by atoms with van der Waals surface area (Å²) in [5.41, 5.74) is 1.24. The van der Waals surface area contributed by atoms with Gasteiger partial charge in [-0.05, 0) is 29.8 Å². The van der Waals surface area contributed by atoms with Crippen molar-refractivity contribution in [3.05, 3.63) is 54.2 Å². The van der Waals surface area contributed by atoms with E-state index < -0.39 is 0 Å². The lowest BCUT2D eigenvalue weighted by molar-refractivity contribution is 0.180. The lowest BCUT2D eigenvalue weighted by Gasteiger charge is -2.34. The molecule has 1 aliphatic heterocycles.